The zero-order valence-electron chi connectivity index (χ0n) is 14.8. The molecular formula is C20H19N3O3S. The Hall–Kier alpha value is -2.93. The molecule has 138 valence electrons. The van der Waals surface area contributed by atoms with Gasteiger partial charge in [-0.15, -0.1) is 11.3 Å². The van der Waals surface area contributed by atoms with E-state index in [1.54, 1.807) is 28.6 Å². The summed E-state index contributed by atoms with van der Waals surface area (Å²) in [5.74, 6) is 0.184. The van der Waals surface area contributed by atoms with Crippen LogP contribution in [0.15, 0.2) is 52.5 Å². The molecule has 1 unspecified atom stereocenters. The van der Waals surface area contributed by atoms with E-state index in [-0.39, 0.29) is 24.2 Å². The predicted molar refractivity (Wildman–Crippen MR) is 103 cm³/mol. The lowest BCUT2D eigenvalue weighted by molar-refractivity contribution is -0.128. The minimum absolute atomic E-state index is 0.0294. The summed E-state index contributed by atoms with van der Waals surface area (Å²) in [5.41, 5.74) is 2.56. The summed E-state index contributed by atoms with van der Waals surface area (Å²) in [6, 6.07) is 11.2. The molecule has 1 aliphatic heterocycles. The maximum absolute atomic E-state index is 12.6. The molecule has 1 N–H and O–H groups in total. The average Bonchev–Trinajstić information content (AvgIpc) is 3.38. The normalized spacial score (nSPS) is 16.7. The number of nitrogens with zero attached hydrogens (tertiary/aromatic N) is 2. The summed E-state index contributed by atoms with van der Waals surface area (Å²) >= 11 is 1.59. The van der Waals surface area contributed by atoms with Crippen molar-refractivity contribution in [2.75, 3.05) is 11.9 Å². The Kier molecular flexibility index (Phi) is 4.77. The van der Waals surface area contributed by atoms with E-state index in [0.717, 1.165) is 22.0 Å². The van der Waals surface area contributed by atoms with Crippen molar-refractivity contribution in [2.45, 2.75) is 19.9 Å². The fourth-order valence-corrected chi connectivity index (χ4v) is 3.81. The van der Waals surface area contributed by atoms with Crippen molar-refractivity contribution in [3.05, 3.63) is 58.8 Å². The van der Waals surface area contributed by atoms with Crippen molar-refractivity contribution < 1.29 is 14.0 Å². The number of rotatable bonds is 5. The Morgan fingerprint density at radius 2 is 2.26 bits per heavy atom. The van der Waals surface area contributed by atoms with E-state index in [1.807, 2.05) is 42.6 Å². The number of aryl methyl sites for hydroxylation is 1. The second-order valence-corrected chi connectivity index (χ2v) is 7.64. The largest absolute Gasteiger partial charge is 0.467 e. The van der Waals surface area contributed by atoms with Gasteiger partial charge in [-0.05, 0) is 31.2 Å². The number of benzene rings is 1. The molecule has 3 heterocycles. The van der Waals surface area contributed by atoms with E-state index in [9.17, 15) is 9.59 Å². The average molecular weight is 381 g/mol. The standard InChI is InChI=1S/C20H19N3O3S/c1-13-21-18(12-27-13)14-4-2-5-16(8-14)22-20(25)15-9-19(24)23(10-15)11-17-6-3-7-26-17/h2-8,12,15H,9-11H2,1H3,(H,22,25). The van der Waals surface area contributed by atoms with Crippen LogP contribution >= 0.6 is 11.3 Å². The number of likely N-dealkylation sites (tertiary alicyclic amines) is 1. The van der Waals surface area contributed by atoms with Gasteiger partial charge in [-0.3, -0.25) is 9.59 Å². The smallest absolute Gasteiger partial charge is 0.229 e. The number of amides is 2. The summed E-state index contributed by atoms with van der Waals surface area (Å²) in [7, 11) is 0. The summed E-state index contributed by atoms with van der Waals surface area (Å²) in [6.07, 6.45) is 1.80. The van der Waals surface area contributed by atoms with E-state index in [2.05, 4.69) is 10.3 Å². The van der Waals surface area contributed by atoms with Crippen LogP contribution in [0.4, 0.5) is 5.69 Å². The molecule has 7 heteroatoms. The molecule has 2 aromatic heterocycles. The zero-order valence-corrected chi connectivity index (χ0v) is 15.7. The van der Waals surface area contributed by atoms with Gasteiger partial charge in [0.25, 0.3) is 0 Å². The van der Waals surface area contributed by atoms with E-state index in [1.165, 1.54) is 0 Å². The molecule has 27 heavy (non-hydrogen) atoms. The second kappa shape index (κ2) is 7.36. The van der Waals surface area contributed by atoms with Crippen molar-refractivity contribution in [3.63, 3.8) is 0 Å². The third-order valence-electron chi connectivity index (χ3n) is 4.56. The van der Waals surface area contributed by atoms with Crippen molar-refractivity contribution in [1.29, 1.82) is 0 Å². The predicted octanol–water partition coefficient (Wildman–Crippen LogP) is 3.70. The van der Waals surface area contributed by atoms with Crippen LogP contribution in [0.1, 0.15) is 17.2 Å². The highest BCUT2D eigenvalue weighted by Crippen LogP contribution is 2.26. The molecule has 0 radical (unpaired) electrons. The van der Waals surface area contributed by atoms with Gasteiger partial charge in [0.1, 0.15) is 5.76 Å². The lowest BCUT2D eigenvalue weighted by Crippen LogP contribution is -2.27. The Morgan fingerprint density at radius 1 is 1.37 bits per heavy atom. The highest BCUT2D eigenvalue weighted by Gasteiger charge is 2.34. The van der Waals surface area contributed by atoms with Crippen LogP contribution in [0.5, 0.6) is 0 Å². The van der Waals surface area contributed by atoms with Gasteiger partial charge in [-0.25, -0.2) is 4.98 Å². The number of furan rings is 1. The zero-order chi connectivity index (χ0) is 18.8. The molecule has 3 aromatic rings. The molecule has 1 aromatic carbocycles. The molecule has 1 fully saturated rings. The van der Waals surface area contributed by atoms with Crippen LogP contribution in [-0.4, -0.2) is 28.2 Å². The van der Waals surface area contributed by atoms with Gasteiger partial charge in [0.2, 0.25) is 11.8 Å². The molecule has 1 atom stereocenters. The van der Waals surface area contributed by atoms with Gasteiger partial charge >= 0.3 is 0 Å². The first-order valence-corrected chi connectivity index (χ1v) is 9.60. The number of aromatic nitrogens is 1. The first-order valence-electron chi connectivity index (χ1n) is 8.72. The van der Waals surface area contributed by atoms with Gasteiger partial charge in [0.15, 0.2) is 0 Å². The fourth-order valence-electron chi connectivity index (χ4n) is 3.19. The third kappa shape index (κ3) is 3.93. The van der Waals surface area contributed by atoms with Crippen molar-refractivity contribution in [2.24, 2.45) is 5.92 Å². The van der Waals surface area contributed by atoms with Crippen LogP contribution < -0.4 is 5.32 Å². The molecule has 0 bridgehead atoms. The molecular weight excluding hydrogens is 362 g/mol. The number of carbonyl (C=O) groups is 2. The number of nitrogens with one attached hydrogen (secondary N) is 1. The minimum atomic E-state index is -0.363. The lowest BCUT2D eigenvalue weighted by atomic mass is 10.1. The Morgan fingerprint density at radius 3 is 3.00 bits per heavy atom. The van der Waals surface area contributed by atoms with Crippen LogP contribution in [0.2, 0.25) is 0 Å². The van der Waals surface area contributed by atoms with Gasteiger partial charge in [0, 0.05) is 29.6 Å². The molecule has 4 rings (SSSR count). The fraction of sp³-hybridized carbons (Fsp3) is 0.250. The molecule has 2 amide bonds. The number of thiazole rings is 1. The van der Waals surface area contributed by atoms with Gasteiger partial charge < -0.3 is 14.6 Å². The Labute approximate surface area is 160 Å². The maximum atomic E-state index is 12.6. The lowest BCUT2D eigenvalue weighted by Gasteiger charge is -2.15. The first kappa shape index (κ1) is 17.5. The SMILES string of the molecule is Cc1nc(-c2cccc(NC(=O)C3CC(=O)N(Cc4ccco4)C3)c2)cs1. The quantitative estimate of drug-likeness (QED) is 0.731. The van der Waals surface area contributed by atoms with E-state index in [0.29, 0.717) is 18.8 Å². The second-order valence-electron chi connectivity index (χ2n) is 6.58. The highest BCUT2D eigenvalue weighted by atomic mass is 32.1. The number of anilines is 1. The van der Waals surface area contributed by atoms with E-state index >= 15 is 0 Å². The van der Waals surface area contributed by atoms with Crippen LogP contribution in [0.25, 0.3) is 11.3 Å². The molecule has 0 spiro atoms. The van der Waals surface area contributed by atoms with Crippen molar-refractivity contribution in [1.82, 2.24) is 9.88 Å². The van der Waals surface area contributed by atoms with Crippen LogP contribution in [0.3, 0.4) is 0 Å². The Bertz CT molecular complexity index is 965. The molecule has 0 saturated carbocycles. The highest BCUT2D eigenvalue weighted by molar-refractivity contribution is 7.09. The monoisotopic (exact) mass is 381 g/mol. The molecule has 0 aliphatic carbocycles. The topological polar surface area (TPSA) is 75.4 Å². The van der Waals surface area contributed by atoms with Crippen molar-refractivity contribution >= 4 is 28.8 Å². The van der Waals surface area contributed by atoms with Gasteiger partial charge in [-0.1, -0.05) is 12.1 Å². The third-order valence-corrected chi connectivity index (χ3v) is 5.33. The van der Waals surface area contributed by atoms with Crippen LogP contribution in [-0.2, 0) is 16.1 Å². The maximum Gasteiger partial charge on any atom is 0.229 e. The number of carbonyl (C=O) groups excluding carboxylic acids is 2. The summed E-state index contributed by atoms with van der Waals surface area (Å²) in [4.78, 5) is 31.0. The van der Waals surface area contributed by atoms with E-state index < -0.39 is 0 Å². The summed E-state index contributed by atoms with van der Waals surface area (Å²) in [6.45, 7) is 2.76. The van der Waals surface area contributed by atoms with Crippen LogP contribution in [0, 0.1) is 12.8 Å². The summed E-state index contributed by atoms with van der Waals surface area (Å²) in [5, 5.41) is 5.93. The van der Waals surface area contributed by atoms with Gasteiger partial charge in [-0.2, -0.15) is 0 Å². The number of hydrogen-bond acceptors (Lipinski definition) is 5. The first-order chi connectivity index (χ1) is 13.1. The number of hydrogen-bond donors (Lipinski definition) is 1. The molecule has 1 saturated heterocycles. The Balaban J connectivity index is 1.41. The molecule has 6 nitrogen and oxygen atoms in total. The minimum Gasteiger partial charge on any atom is -0.467 e. The van der Waals surface area contributed by atoms with Gasteiger partial charge in [0.05, 0.1) is 29.4 Å². The molecule has 1 aliphatic rings. The summed E-state index contributed by atoms with van der Waals surface area (Å²) < 4.78 is 5.29. The van der Waals surface area contributed by atoms with Crippen molar-refractivity contribution in [3.8, 4) is 11.3 Å². The van der Waals surface area contributed by atoms with E-state index in [4.69, 9.17) is 4.42 Å².